The maximum Gasteiger partial charge on any atom is 0.255 e. The van der Waals surface area contributed by atoms with Gasteiger partial charge in [-0.1, -0.05) is 11.8 Å². The van der Waals surface area contributed by atoms with Gasteiger partial charge in [-0.3, -0.25) is 19.3 Å². The maximum atomic E-state index is 14.5. The third-order valence-electron chi connectivity index (χ3n) is 8.91. The summed E-state index contributed by atoms with van der Waals surface area (Å²) in [6.45, 7) is 2.71. The number of likely N-dealkylation sites (N-methyl/N-ethyl adjacent to an activating group) is 1. The molecule has 3 aliphatic rings. The van der Waals surface area contributed by atoms with Crippen LogP contribution in [-0.4, -0.2) is 103 Å². The smallest absolute Gasteiger partial charge is 0.255 e. The Balaban J connectivity index is 2.02. The number of anilines is 1. The van der Waals surface area contributed by atoms with Crippen LogP contribution in [0.15, 0.2) is 23.0 Å². The zero-order valence-corrected chi connectivity index (χ0v) is 27.0. The van der Waals surface area contributed by atoms with Gasteiger partial charge in [0.15, 0.2) is 17.0 Å². The van der Waals surface area contributed by atoms with E-state index < -0.39 is 90.1 Å². The van der Waals surface area contributed by atoms with Gasteiger partial charge >= 0.3 is 0 Å². The molecule has 1 aromatic rings. The number of carbonyl (C=O) groups excluding carboxylic acids is 3. The van der Waals surface area contributed by atoms with Gasteiger partial charge < -0.3 is 37.4 Å². The first kappa shape index (κ1) is 34.4. The Bertz CT molecular complexity index is 1860. The average Bonchev–Trinajstić information content (AvgIpc) is 2.90. The highest BCUT2D eigenvalue weighted by atomic mass is 32.2. The number of hydrogen-bond acceptors (Lipinski definition) is 13. The largest absolute Gasteiger partial charge is 0.509 e. The van der Waals surface area contributed by atoms with Crippen LogP contribution < -0.4 is 26.8 Å². The van der Waals surface area contributed by atoms with Crippen molar-refractivity contribution in [3.8, 4) is 23.7 Å². The number of hydrogen-bond donors (Lipinski definition) is 7. The van der Waals surface area contributed by atoms with Gasteiger partial charge in [-0.25, -0.2) is 13.1 Å². The molecule has 0 saturated heterocycles. The van der Waals surface area contributed by atoms with E-state index in [0.29, 0.717) is 11.3 Å². The Kier molecular flexibility index (Phi) is 8.32. The van der Waals surface area contributed by atoms with Crippen LogP contribution in [0.25, 0.3) is 5.76 Å². The number of nitriles is 1. The standard InChI is InChI=1S/C30H37N7O8S/c1-14(2)46(44,45)35-9-7-8-15-10-17(36(3)4)16-11-28(33)12-30(34)24(37(5)6)23(40)19(27(32)43)25(41)29(30,13-31)26(42)20(28)22(39)18(16)21(15)38/h10,14,24,35,38-39,41H,9,11-12,33-34H2,1-6H3,(H2,32,43)/t24-,28-,29+,30-/m1/s1. The molecule has 0 aliphatic heterocycles. The molecule has 246 valence electrons. The number of aliphatic hydroxyl groups excluding tert-OH is 2. The fraction of sp³-hybridized carbons (Fsp3) is 0.467. The van der Waals surface area contributed by atoms with Gasteiger partial charge in [0, 0.05) is 19.8 Å². The number of amides is 1. The third-order valence-corrected chi connectivity index (χ3v) is 10.7. The summed E-state index contributed by atoms with van der Waals surface area (Å²) in [6, 6.07) is 1.72. The molecule has 4 atom stereocenters. The van der Waals surface area contributed by atoms with Crippen LogP contribution in [0.3, 0.4) is 0 Å². The second-order valence-corrected chi connectivity index (χ2v) is 14.9. The third kappa shape index (κ3) is 4.64. The lowest BCUT2D eigenvalue weighted by molar-refractivity contribution is -0.139. The van der Waals surface area contributed by atoms with Crippen LogP contribution in [0, 0.1) is 28.6 Å². The molecule has 0 spiro atoms. The van der Waals surface area contributed by atoms with Gasteiger partial charge in [0.05, 0.1) is 51.7 Å². The molecule has 10 N–H and O–H groups in total. The van der Waals surface area contributed by atoms with Crippen LogP contribution in [-0.2, 0) is 30.8 Å². The van der Waals surface area contributed by atoms with Gasteiger partial charge in [-0.05, 0) is 52.4 Å². The van der Waals surface area contributed by atoms with E-state index >= 15 is 0 Å². The van der Waals surface area contributed by atoms with E-state index in [1.807, 2.05) is 0 Å². The number of rotatable bonds is 6. The lowest BCUT2D eigenvalue weighted by atomic mass is 9.47. The Morgan fingerprint density at radius 1 is 1.17 bits per heavy atom. The zero-order chi connectivity index (χ0) is 34.9. The van der Waals surface area contributed by atoms with Crippen molar-refractivity contribution in [2.45, 2.75) is 49.1 Å². The summed E-state index contributed by atoms with van der Waals surface area (Å²) in [4.78, 5) is 43.4. The van der Waals surface area contributed by atoms with Gasteiger partial charge in [0.1, 0.15) is 22.8 Å². The summed E-state index contributed by atoms with van der Waals surface area (Å²) in [5, 5.41) is 44.3. The van der Waals surface area contributed by atoms with Crippen LogP contribution in [0.1, 0.15) is 37.0 Å². The molecule has 1 saturated carbocycles. The molecule has 46 heavy (non-hydrogen) atoms. The molecular weight excluding hydrogens is 618 g/mol. The van der Waals surface area contributed by atoms with Crippen molar-refractivity contribution in [1.29, 1.82) is 5.26 Å². The molecule has 0 unspecified atom stereocenters. The zero-order valence-electron chi connectivity index (χ0n) is 26.2. The first-order valence-corrected chi connectivity index (χ1v) is 15.6. The number of ketones is 2. The van der Waals surface area contributed by atoms with Crippen molar-refractivity contribution in [3.05, 3.63) is 39.7 Å². The number of primary amides is 1. The lowest BCUT2D eigenvalue weighted by Gasteiger charge is -2.58. The van der Waals surface area contributed by atoms with Crippen molar-refractivity contribution in [2.24, 2.45) is 22.6 Å². The van der Waals surface area contributed by atoms with Crippen molar-refractivity contribution < 1.29 is 38.1 Å². The molecule has 3 aliphatic carbocycles. The Labute approximate surface area is 266 Å². The number of phenols is 1. The molecule has 1 fully saturated rings. The number of sulfonamides is 1. The summed E-state index contributed by atoms with van der Waals surface area (Å²) >= 11 is 0. The first-order chi connectivity index (χ1) is 21.1. The molecule has 0 aromatic heterocycles. The van der Waals surface area contributed by atoms with Crippen molar-refractivity contribution >= 4 is 38.9 Å². The number of benzene rings is 1. The number of nitrogens with one attached hydrogen (secondary N) is 1. The molecular formula is C30H37N7O8S. The highest BCUT2D eigenvalue weighted by molar-refractivity contribution is 7.90. The SMILES string of the molecule is CC(C)S(=O)(=O)NCC#Cc1cc(N(C)C)c2c(c1O)C(O)=C1C(=O)[C@]3(C#N)C(O)=C(C(N)=O)C(=O)[C@@H](N(C)C)[C@]3(N)C[C@]1(N)C2. The van der Waals surface area contributed by atoms with E-state index in [2.05, 4.69) is 16.6 Å². The number of Topliss-reactive ketones (excluding diaryl/α,β-unsaturated/α-hetero) is 2. The molecule has 0 radical (unpaired) electrons. The second kappa shape index (κ2) is 11.1. The Morgan fingerprint density at radius 3 is 2.28 bits per heavy atom. The minimum atomic E-state index is -3.62. The number of aromatic hydroxyl groups is 1. The quantitative estimate of drug-likeness (QED) is 0.138. The van der Waals surface area contributed by atoms with Gasteiger partial charge in [-0.15, -0.1) is 0 Å². The maximum absolute atomic E-state index is 14.5. The average molecular weight is 656 g/mol. The highest BCUT2D eigenvalue weighted by Gasteiger charge is 2.74. The van der Waals surface area contributed by atoms with Crippen molar-refractivity contribution in [2.75, 3.05) is 39.6 Å². The highest BCUT2D eigenvalue weighted by Crippen LogP contribution is 2.59. The Morgan fingerprint density at radius 2 is 1.78 bits per heavy atom. The van der Waals surface area contributed by atoms with Crippen LogP contribution in [0.2, 0.25) is 0 Å². The molecule has 0 heterocycles. The molecule has 1 aromatic carbocycles. The molecule has 4 rings (SSSR count). The number of nitrogens with zero attached hydrogens (tertiary/aromatic N) is 3. The summed E-state index contributed by atoms with van der Waals surface area (Å²) in [6.07, 6.45) is -0.730. The van der Waals surface area contributed by atoms with Gasteiger partial charge in [-0.2, -0.15) is 5.26 Å². The van der Waals surface area contributed by atoms with E-state index in [-0.39, 0.29) is 24.1 Å². The molecule has 1 amide bonds. The van der Waals surface area contributed by atoms with Crippen molar-refractivity contribution in [1.82, 2.24) is 9.62 Å². The van der Waals surface area contributed by atoms with Crippen LogP contribution in [0.5, 0.6) is 5.75 Å². The van der Waals surface area contributed by atoms with E-state index in [1.165, 1.54) is 38.9 Å². The topological polar surface area (TPSA) is 266 Å². The Hall–Kier alpha value is -4.45. The van der Waals surface area contributed by atoms with Crippen LogP contribution >= 0.6 is 0 Å². The summed E-state index contributed by atoms with van der Waals surface area (Å²) in [7, 11) is 2.60. The minimum Gasteiger partial charge on any atom is -0.509 e. The van der Waals surface area contributed by atoms with E-state index in [0.717, 1.165) is 0 Å². The minimum absolute atomic E-state index is 0.0241. The summed E-state index contributed by atoms with van der Waals surface area (Å²) < 4.78 is 26.5. The summed E-state index contributed by atoms with van der Waals surface area (Å²) in [5.74, 6) is -0.965. The predicted molar refractivity (Wildman–Crippen MR) is 167 cm³/mol. The van der Waals surface area contributed by atoms with E-state index in [4.69, 9.17) is 17.2 Å². The van der Waals surface area contributed by atoms with Crippen molar-refractivity contribution in [3.63, 3.8) is 0 Å². The monoisotopic (exact) mass is 655 g/mol. The first-order valence-electron chi connectivity index (χ1n) is 14.1. The van der Waals surface area contributed by atoms with Gasteiger partial charge in [0.2, 0.25) is 10.0 Å². The number of aliphatic hydroxyl groups is 2. The number of nitrogens with two attached hydrogens (primary N) is 3. The normalized spacial score (nSPS) is 27.5. The number of phenolic OH excluding ortho intramolecular Hbond substituents is 1. The fourth-order valence-corrected chi connectivity index (χ4v) is 7.42. The van der Waals surface area contributed by atoms with Gasteiger partial charge in [0.25, 0.3) is 5.91 Å². The van der Waals surface area contributed by atoms with Crippen LogP contribution in [0.4, 0.5) is 5.69 Å². The van der Waals surface area contributed by atoms with E-state index in [9.17, 15) is 43.4 Å². The van der Waals surface area contributed by atoms with E-state index in [1.54, 1.807) is 25.1 Å². The predicted octanol–water partition coefficient (Wildman–Crippen LogP) is -1.35. The summed E-state index contributed by atoms with van der Waals surface area (Å²) in [5.41, 5.74) is 11.3. The molecule has 15 nitrogen and oxygen atoms in total. The fourth-order valence-electron chi connectivity index (χ4n) is 6.82. The second-order valence-electron chi connectivity index (χ2n) is 12.5. The number of carbonyl (C=O) groups is 3. The molecule has 16 heteroatoms. The number of fused-ring (bicyclic) bond motifs is 3. The lowest BCUT2D eigenvalue weighted by Crippen LogP contribution is -2.80. The molecule has 0 bridgehead atoms.